The van der Waals surface area contributed by atoms with E-state index >= 15 is 0 Å². The number of aliphatic carboxylic acids is 1. The molecule has 7 nitrogen and oxygen atoms in total. The average Bonchev–Trinajstić information content (AvgIpc) is 2.83. The van der Waals surface area contributed by atoms with E-state index in [1.165, 1.54) is 4.90 Å². The van der Waals surface area contributed by atoms with E-state index < -0.39 is 24.1 Å². The highest BCUT2D eigenvalue weighted by Crippen LogP contribution is 2.18. The van der Waals surface area contributed by atoms with Crippen LogP contribution in [0.4, 0.5) is 9.59 Å². The Kier molecular flexibility index (Phi) is 4.42. The highest BCUT2D eigenvalue weighted by molar-refractivity contribution is 5.98. The molecule has 1 aliphatic heterocycles. The van der Waals surface area contributed by atoms with Crippen molar-refractivity contribution >= 4 is 18.1 Å². The molecule has 1 aliphatic rings. The summed E-state index contributed by atoms with van der Waals surface area (Å²) in [6.07, 6.45) is -0.938. The summed E-state index contributed by atoms with van der Waals surface area (Å²) < 4.78 is 5.03. The molecule has 0 radical (unpaired) electrons. The monoisotopic (exact) mass is 292 g/mol. The number of imide groups is 1. The molecule has 112 valence electrons. The number of amides is 3. The number of hydrogen-bond acceptors (Lipinski definition) is 4. The summed E-state index contributed by atoms with van der Waals surface area (Å²) >= 11 is 0. The third kappa shape index (κ3) is 3.13. The van der Waals surface area contributed by atoms with Crippen LogP contribution in [0.25, 0.3) is 0 Å². The minimum absolute atomic E-state index is 0.0120. The van der Waals surface area contributed by atoms with Crippen LogP contribution in [0, 0.1) is 0 Å². The molecule has 0 aliphatic carbocycles. The highest BCUT2D eigenvalue weighted by atomic mass is 16.6. The quantitative estimate of drug-likeness (QED) is 0.909. The van der Waals surface area contributed by atoms with Gasteiger partial charge in [0.2, 0.25) is 0 Å². The average molecular weight is 292 g/mol. The van der Waals surface area contributed by atoms with Gasteiger partial charge in [-0.2, -0.15) is 0 Å². The van der Waals surface area contributed by atoms with Crippen molar-refractivity contribution in [3.8, 4) is 0 Å². The Labute approximate surface area is 121 Å². The number of nitrogens with zero attached hydrogens (tertiary/aromatic N) is 2. The molecule has 21 heavy (non-hydrogen) atoms. The van der Waals surface area contributed by atoms with E-state index in [4.69, 9.17) is 9.84 Å². The van der Waals surface area contributed by atoms with E-state index in [2.05, 4.69) is 0 Å². The predicted molar refractivity (Wildman–Crippen MR) is 72.5 cm³/mol. The van der Waals surface area contributed by atoms with Gasteiger partial charge >= 0.3 is 18.1 Å². The first-order valence-corrected chi connectivity index (χ1v) is 6.56. The maximum absolute atomic E-state index is 12.0. The van der Waals surface area contributed by atoms with Crippen molar-refractivity contribution in [3.63, 3.8) is 0 Å². The standard InChI is InChI=1S/C14H16N2O5/c1-2-15-8-11(12(17)18)16(13(15)19)14(20)21-9-10-6-4-3-5-7-10/h3-7,11H,2,8-9H2,1H3,(H,17,18)/t11-/m0/s1. The van der Waals surface area contributed by atoms with E-state index in [1.807, 2.05) is 6.07 Å². The van der Waals surface area contributed by atoms with Crippen LogP contribution in [-0.4, -0.2) is 52.1 Å². The van der Waals surface area contributed by atoms with Crippen LogP contribution in [0.5, 0.6) is 0 Å². The lowest BCUT2D eigenvalue weighted by Crippen LogP contribution is -2.44. The molecular formula is C14H16N2O5. The number of urea groups is 1. The Morgan fingerprint density at radius 3 is 2.57 bits per heavy atom. The Hall–Kier alpha value is -2.57. The normalized spacial score (nSPS) is 18.0. The third-order valence-electron chi connectivity index (χ3n) is 3.25. The second-order valence-electron chi connectivity index (χ2n) is 4.59. The molecular weight excluding hydrogens is 276 g/mol. The molecule has 1 aromatic carbocycles. The zero-order valence-corrected chi connectivity index (χ0v) is 11.6. The fraction of sp³-hybridized carbons (Fsp3) is 0.357. The van der Waals surface area contributed by atoms with Crippen LogP contribution >= 0.6 is 0 Å². The van der Waals surface area contributed by atoms with Gasteiger partial charge in [-0.25, -0.2) is 19.3 Å². The van der Waals surface area contributed by atoms with Crippen LogP contribution in [0.3, 0.4) is 0 Å². The first-order valence-electron chi connectivity index (χ1n) is 6.56. The molecule has 0 saturated carbocycles. The van der Waals surface area contributed by atoms with Gasteiger partial charge in [-0.05, 0) is 12.5 Å². The maximum atomic E-state index is 12.0. The summed E-state index contributed by atoms with van der Waals surface area (Å²) in [6, 6.07) is 7.11. The Morgan fingerprint density at radius 2 is 2.00 bits per heavy atom. The number of benzene rings is 1. The van der Waals surface area contributed by atoms with E-state index in [0.29, 0.717) is 11.4 Å². The number of carboxylic acid groups (broad SMARTS) is 1. The molecule has 1 fully saturated rings. The summed E-state index contributed by atoms with van der Waals surface area (Å²) in [5.74, 6) is -1.23. The van der Waals surface area contributed by atoms with E-state index in [1.54, 1.807) is 31.2 Å². The second-order valence-corrected chi connectivity index (χ2v) is 4.59. The van der Waals surface area contributed by atoms with Crippen molar-refractivity contribution in [2.24, 2.45) is 0 Å². The molecule has 0 spiro atoms. The van der Waals surface area contributed by atoms with Crippen molar-refractivity contribution in [2.45, 2.75) is 19.6 Å². The summed E-state index contributed by atoms with van der Waals surface area (Å²) in [7, 11) is 0. The lowest BCUT2D eigenvalue weighted by Gasteiger charge is -2.18. The van der Waals surface area contributed by atoms with Crippen molar-refractivity contribution < 1.29 is 24.2 Å². The van der Waals surface area contributed by atoms with Gasteiger partial charge < -0.3 is 14.7 Å². The Balaban J connectivity index is 2.05. The summed E-state index contributed by atoms with van der Waals surface area (Å²) in [6.45, 7) is 2.02. The van der Waals surface area contributed by atoms with Crippen molar-refractivity contribution in [1.29, 1.82) is 0 Å². The first-order chi connectivity index (χ1) is 10.0. The molecule has 3 amide bonds. The van der Waals surface area contributed by atoms with Gasteiger partial charge in [0.05, 0.1) is 6.54 Å². The van der Waals surface area contributed by atoms with Crippen LogP contribution in [0.1, 0.15) is 12.5 Å². The Bertz CT molecular complexity index is 546. The lowest BCUT2D eigenvalue weighted by atomic mass is 10.2. The van der Waals surface area contributed by atoms with Gasteiger partial charge in [-0.3, -0.25) is 0 Å². The minimum Gasteiger partial charge on any atom is -0.480 e. The van der Waals surface area contributed by atoms with E-state index in [9.17, 15) is 14.4 Å². The lowest BCUT2D eigenvalue weighted by molar-refractivity contribution is -0.140. The number of carboxylic acids is 1. The fourth-order valence-electron chi connectivity index (χ4n) is 2.10. The van der Waals surface area contributed by atoms with Gasteiger partial charge in [0, 0.05) is 6.54 Å². The molecule has 1 N–H and O–H groups in total. The predicted octanol–water partition coefficient (Wildman–Crippen LogP) is 1.53. The second kappa shape index (κ2) is 6.25. The van der Waals surface area contributed by atoms with Gasteiger partial charge in [-0.1, -0.05) is 30.3 Å². The number of ether oxygens (including phenoxy) is 1. The zero-order chi connectivity index (χ0) is 15.4. The number of hydrogen-bond donors (Lipinski definition) is 1. The minimum atomic E-state index is -1.23. The molecule has 0 bridgehead atoms. The SMILES string of the molecule is CCN1C[C@@H](C(=O)O)N(C(=O)OCc2ccccc2)C1=O. The summed E-state index contributed by atoms with van der Waals surface area (Å²) in [4.78, 5) is 37.1. The number of rotatable bonds is 4. The largest absolute Gasteiger partial charge is 0.480 e. The van der Waals surface area contributed by atoms with Crippen molar-refractivity contribution in [1.82, 2.24) is 9.80 Å². The van der Waals surface area contributed by atoms with Crippen LogP contribution in [0.15, 0.2) is 30.3 Å². The molecule has 1 aromatic rings. The van der Waals surface area contributed by atoms with E-state index in [0.717, 1.165) is 5.56 Å². The molecule has 2 rings (SSSR count). The third-order valence-corrected chi connectivity index (χ3v) is 3.25. The molecule has 1 saturated heterocycles. The van der Waals surface area contributed by atoms with Gasteiger partial charge in [-0.15, -0.1) is 0 Å². The zero-order valence-electron chi connectivity index (χ0n) is 11.6. The van der Waals surface area contributed by atoms with Gasteiger partial charge in [0.1, 0.15) is 6.61 Å². The summed E-state index contributed by atoms with van der Waals surface area (Å²) in [5.41, 5.74) is 0.761. The van der Waals surface area contributed by atoms with Crippen molar-refractivity contribution in [3.05, 3.63) is 35.9 Å². The number of likely N-dealkylation sites (N-methyl/N-ethyl adjacent to an activating group) is 1. The van der Waals surface area contributed by atoms with Gasteiger partial charge in [0.15, 0.2) is 6.04 Å². The number of carbonyl (C=O) groups excluding carboxylic acids is 2. The smallest absolute Gasteiger partial charge is 0.419 e. The highest BCUT2D eigenvalue weighted by Gasteiger charge is 2.45. The van der Waals surface area contributed by atoms with E-state index in [-0.39, 0.29) is 13.2 Å². The molecule has 0 aromatic heterocycles. The maximum Gasteiger partial charge on any atom is 0.419 e. The first kappa shape index (κ1) is 14.8. The topological polar surface area (TPSA) is 87.2 Å². The van der Waals surface area contributed by atoms with Crippen LogP contribution < -0.4 is 0 Å². The fourth-order valence-corrected chi connectivity index (χ4v) is 2.10. The molecule has 0 unspecified atom stereocenters. The van der Waals surface area contributed by atoms with Crippen LogP contribution in [0.2, 0.25) is 0 Å². The molecule has 1 heterocycles. The summed E-state index contributed by atoms with van der Waals surface area (Å²) in [5, 5.41) is 9.12. The van der Waals surface area contributed by atoms with Gasteiger partial charge in [0.25, 0.3) is 0 Å². The van der Waals surface area contributed by atoms with Crippen molar-refractivity contribution in [2.75, 3.05) is 13.1 Å². The van der Waals surface area contributed by atoms with Crippen LogP contribution in [-0.2, 0) is 16.1 Å². The Morgan fingerprint density at radius 1 is 1.33 bits per heavy atom. The number of carbonyl (C=O) groups is 3. The molecule has 1 atom stereocenters. The molecule has 7 heteroatoms.